The van der Waals surface area contributed by atoms with E-state index in [1.165, 1.54) is 5.56 Å². The monoisotopic (exact) mass is 326 g/mol. The van der Waals surface area contributed by atoms with E-state index in [2.05, 4.69) is 21.8 Å². The molecule has 5 nitrogen and oxygen atoms in total. The molecule has 0 saturated carbocycles. The number of ether oxygens (including phenoxy) is 1. The van der Waals surface area contributed by atoms with Gasteiger partial charge in [-0.3, -0.25) is 4.90 Å². The van der Waals surface area contributed by atoms with Crippen LogP contribution in [0, 0.1) is 0 Å². The zero-order valence-corrected chi connectivity index (χ0v) is 14.1. The first-order valence-electron chi connectivity index (χ1n) is 7.94. The fourth-order valence-electron chi connectivity index (χ4n) is 2.38. The highest BCUT2D eigenvalue weighted by atomic mass is 32.2. The fraction of sp³-hybridized carbons (Fsp3) is 0.625. The Morgan fingerprint density at radius 1 is 1.14 bits per heavy atom. The van der Waals surface area contributed by atoms with Crippen molar-refractivity contribution in [2.45, 2.75) is 32.9 Å². The molecule has 0 bridgehead atoms. The lowest BCUT2D eigenvalue weighted by molar-refractivity contribution is 0.0342. The molecule has 1 fully saturated rings. The standard InChI is InChI=1S/C16H26N2O3S/c1-2-3-12-22(19,20)17-13-15-4-6-16(7-5-15)14-18-8-10-21-11-9-18/h4-7,17H,2-3,8-14H2,1H3. The van der Waals surface area contributed by atoms with Crippen LogP contribution in [0.1, 0.15) is 30.9 Å². The minimum Gasteiger partial charge on any atom is -0.379 e. The summed E-state index contributed by atoms with van der Waals surface area (Å²) in [4.78, 5) is 2.37. The van der Waals surface area contributed by atoms with Crippen LogP contribution in [0.15, 0.2) is 24.3 Å². The van der Waals surface area contributed by atoms with Gasteiger partial charge in [0.15, 0.2) is 0 Å². The smallest absolute Gasteiger partial charge is 0.211 e. The molecule has 0 radical (unpaired) electrons. The maximum Gasteiger partial charge on any atom is 0.211 e. The summed E-state index contributed by atoms with van der Waals surface area (Å²) < 4.78 is 31.5. The summed E-state index contributed by atoms with van der Waals surface area (Å²) in [6.07, 6.45) is 1.59. The molecule has 1 heterocycles. The summed E-state index contributed by atoms with van der Waals surface area (Å²) in [5, 5.41) is 0. The molecule has 0 aromatic heterocycles. The van der Waals surface area contributed by atoms with Gasteiger partial charge in [0.2, 0.25) is 10.0 Å². The predicted molar refractivity (Wildman–Crippen MR) is 88.1 cm³/mol. The van der Waals surface area contributed by atoms with Gasteiger partial charge in [0, 0.05) is 26.2 Å². The van der Waals surface area contributed by atoms with E-state index in [1.807, 2.05) is 19.1 Å². The van der Waals surface area contributed by atoms with E-state index in [4.69, 9.17) is 4.74 Å². The molecule has 0 amide bonds. The quantitative estimate of drug-likeness (QED) is 0.790. The zero-order valence-electron chi connectivity index (χ0n) is 13.3. The Kier molecular flexibility index (Phi) is 6.82. The molecule has 0 aliphatic carbocycles. The Hall–Kier alpha value is -0.950. The molecule has 22 heavy (non-hydrogen) atoms. The molecule has 0 unspecified atom stereocenters. The molecule has 1 aromatic rings. The molecule has 0 spiro atoms. The van der Waals surface area contributed by atoms with Crippen molar-refractivity contribution in [1.29, 1.82) is 0 Å². The SMILES string of the molecule is CCCCS(=O)(=O)NCc1ccc(CN2CCOCC2)cc1. The van der Waals surface area contributed by atoms with Crippen molar-refractivity contribution in [3.05, 3.63) is 35.4 Å². The van der Waals surface area contributed by atoms with Crippen LogP contribution in [0.25, 0.3) is 0 Å². The van der Waals surface area contributed by atoms with E-state index in [9.17, 15) is 8.42 Å². The molecular weight excluding hydrogens is 300 g/mol. The minimum atomic E-state index is -3.15. The average molecular weight is 326 g/mol. The van der Waals surface area contributed by atoms with Crippen LogP contribution in [0.3, 0.4) is 0 Å². The summed E-state index contributed by atoms with van der Waals surface area (Å²) >= 11 is 0. The molecule has 6 heteroatoms. The van der Waals surface area contributed by atoms with E-state index in [-0.39, 0.29) is 5.75 Å². The van der Waals surface area contributed by atoms with Crippen molar-refractivity contribution in [3.63, 3.8) is 0 Å². The van der Waals surface area contributed by atoms with Crippen LogP contribution < -0.4 is 4.72 Å². The van der Waals surface area contributed by atoms with Crippen LogP contribution in [-0.2, 0) is 27.8 Å². The lowest BCUT2D eigenvalue weighted by Gasteiger charge is -2.26. The van der Waals surface area contributed by atoms with Crippen molar-refractivity contribution in [2.24, 2.45) is 0 Å². The van der Waals surface area contributed by atoms with Crippen LogP contribution in [-0.4, -0.2) is 45.4 Å². The second-order valence-corrected chi connectivity index (χ2v) is 7.62. The molecule has 1 aliphatic rings. The summed E-state index contributed by atoms with van der Waals surface area (Å²) in [6.45, 7) is 6.83. The molecule has 1 aliphatic heterocycles. The highest BCUT2D eigenvalue weighted by molar-refractivity contribution is 7.89. The first-order valence-corrected chi connectivity index (χ1v) is 9.59. The van der Waals surface area contributed by atoms with Crippen LogP contribution in [0.2, 0.25) is 0 Å². The number of nitrogens with one attached hydrogen (secondary N) is 1. The first kappa shape index (κ1) is 17.4. The number of hydrogen-bond acceptors (Lipinski definition) is 4. The van der Waals surface area contributed by atoms with Gasteiger partial charge in [-0.15, -0.1) is 0 Å². The number of sulfonamides is 1. The molecule has 1 aromatic carbocycles. The van der Waals surface area contributed by atoms with Gasteiger partial charge in [0.25, 0.3) is 0 Å². The van der Waals surface area contributed by atoms with Gasteiger partial charge in [-0.1, -0.05) is 37.6 Å². The van der Waals surface area contributed by atoms with Gasteiger partial charge in [0.1, 0.15) is 0 Å². The zero-order chi connectivity index (χ0) is 15.8. The number of rotatable bonds is 8. The third-order valence-electron chi connectivity index (χ3n) is 3.80. The highest BCUT2D eigenvalue weighted by Gasteiger charge is 2.11. The third-order valence-corrected chi connectivity index (χ3v) is 5.21. The Morgan fingerprint density at radius 3 is 2.41 bits per heavy atom. The van der Waals surface area contributed by atoms with Gasteiger partial charge in [-0.25, -0.2) is 13.1 Å². The Bertz CT molecular complexity index is 537. The fourth-order valence-corrected chi connectivity index (χ4v) is 3.58. The predicted octanol–water partition coefficient (Wildman–Crippen LogP) is 1.74. The lowest BCUT2D eigenvalue weighted by Crippen LogP contribution is -2.35. The number of hydrogen-bond donors (Lipinski definition) is 1. The molecule has 1 N–H and O–H groups in total. The first-order chi connectivity index (χ1) is 10.6. The third kappa shape index (κ3) is 6.04. The second kappa shape index (κ2) is 8.62. The van der Waals surface area contributed by atoms with Crippen LogP contribution in [0.4, 0.5) is 0 Å². The summed E-state index contributed by atoms with van der Waals surface area (Å²) in [6, 6.07) is 8.15. The second-order valence-electron chi connectivity index (χ2n) is 5.70. The number of nitrogens with zero attached hydrogens (tertiary/aromatic N) is 1. The lowest BCUT2D eigenvalue weighted by atomic mass is 10.1. The van der Waals surface area contributed by atoms with Crippen LogP contribution in [0.5, 0.6) is 0 Å². The van der Waals surface area contributed by atoms with Gasteiger partial charge in [-0.05, 0) is 17.5 Å². The molecular formula is C16H26N2O3S. The van der Waals surface area contributed by atoms with Crippen molar-refractivity contribution >= 4 is 10.0 Å². The Labute approximate surface area is 133 Å². The highest BCUT2D eigenvalue weighted by Crippen LogP contribution is 2.09. The topological polar surface area (TPSA) is 58.6 Å². The normalized spacial score (nSPS) is 16.8. The van der Waals surface area contributed by atoms with Crippen molar-refractivity contribution in [1.82, 2.24) is 9.62 Å². The van der Waals surface area contributed by atoms with Gasteiger partial charge in [-0.2, -0.15) is 0 Å². The number of unbranched alkanes of at least 4 members (excludes halogenated alkanes) is 1. The van der Waals surface area contributed by atoms with Crippen molar-refractivity contribution < 1.29 is 13.2 Å². The number of benzene rings is 1. The van der Waals surface area contributed by atoms with E-state index in [1.54, 1.807) is 0 Å². The molecule has 1 saturated heterocycles. The van der Waals surface area contributed by atoms with Gasteiger partial charge >= 0.3 is 0 Å². The number of morpholine rings is 1. The van der Waals surface area contributed by atoms with Crippen molar-refractivity contribution in [2.75, 3.05) is 32.1 Å². The average Bonchev–Trinajstić information content (AvgIpc) is 2.53. The van der Waals surface area contributed by atoms with Gasteiger partial charge in [0.05, 0.1) is 19.0 Å². The molecule has 124 valence electrons. The van der Waals surface area contributed by atoms with Crippen molar-refractivity contribution in [3.8, 4) is 0 Å². The summed E-state index contributed by atoms with van der Waals surface area (Å²) in [5.74, 6) is 0.207. The summed E-state index contributed by atoms with van der Waals surface area (Å²) in [5.41, 5.74) is 2.24. The van der Waals surface area contributed by atoms with Crippen LogP contribution >= 0.6 is 0 Å². The Morgan fingerprint density at radius 2 is 1.77 bits per heavy atom. The molecule has 0 atom stereocenters. The maximum atomic E-state index is 11.8. The van der Waals surface area contributed by atoms with Gasteiger partial charge < -0.3 is 4.74 Å². The summed E-state index contributed by atoms with van der Waals surface area (Å²) in [7, 11) is -3.15. The maximum absolute atomic E-state index is 11.8. The van der Waals surface area contributed by atoms with E-state index < -0.39 is 10.0 Å². The minimum absolute atomic E-state index is 0.207. The molecule has 2 rings (SSSR count). The Balaban J connectivity index is 1.81. The largest absolute Gasteiger partial charge is 0.379 e. The van der Waals surface area contributed by atoms with E-state index in [0.29, 0.717) is 13.0 Å². The van der Waals surface area contributed by atoms with E-state index in [0.717, 1.165) is 44.8 Å². The van der Waals surface area contributed by atoms with E-state index >= 15 is 0 Å².